The number of hydrogen-bond acceptors (Lipinski definition) is 2. The first-order chi connectivity index (χ1) is 16.5. The Morgan fingerprint density at radius 1 is 0.853 bits per heavy atom. The van der Waals surface area contributed by atoms with Gasteiger partial charge in [0.2, 0.25) is 0 Å². The van der Waals surface area contributed by atoms with Crippen LogP contribution in [0.25, 0.3) is 23.3 Å². The van der Waals surface area contributed by atoms with Crippen molar-refractivity contribution < 1.29 is 23.0 Å². The highest BCUT2D eigenvalue weighted by atomic mass is 19.2. The molecule has 0 spiro atoms. The predicted molar refractivity (Wildman–Crippen MR) is 130 cm³/mol. The van der Waals surface area contributed by atoms with Gasteiger partial charge in [-0.3, -0.25) is 0 Å². The van der Waals surface area contributed by atoms with Crippen LogP contribution in [0, 0.1) is 23.4 Å². The standard InChI is InChI=1S/C29H29F3O2/c1-2-34-27-16-9-20(17-26(27)30)4-3-19-5-10-22(11-6-19)24-14-15-25(29(32)28(24)31)23-12-7-21(18-33)8-13-23/h3-6,9-11,14-17,21,23,33H,2,7-8,12-13,18H2,1H3/b4-3+. The number of aliphatic hydroxyl groups is 1. The smallest absolute Gasteiger partial charge is 0.166 e. The molecule has 0 amide bonds. The van der Waals surface area contributed by atoms with Crippen LogP contribution in [-0.4, -0.2) is 18.3 Å². The van der Waals surface area contributed by atoms with Crippen molar-refractivity contribution in [3.8, 4) is 16.9 Å². The monoisotopic (exact) mass is 466 g/mol. The molecule has 0 radical (unpaired) electrons. The second-order valence-electron chi connectivity index (χ2n) is 8.81. The third-order valence-electron chi connectivity index (χ3n) is 6.60. The molecule has 0 aromatic heterocycles. The number of halogens is 3. The van der Waals surface area contributed by atoms with Crippen molar-refractivity contribution in [3.63, 3.8) is 0 Å². The maximum absolute atomic E-state index is 15.0. The van der Waals surface area contributed by atoms with E-state index in [2.05, 4.69) is 0 Å². The second-order valence-corrected chi connectivity index (χ2v) is 8.81. The van der Waals surface area contributed by atoms with E-state index in [1.807, 2.05) is 18.2 Å². The average molecular weight is 467 g/mol. The minimum Gasteiger partial charge on any atom is -0.491 e. The first-order valence-corrected chi connectivity index (χ1v) is 11.8. The molecule has 178 valence electrons. The summed E-state index contributed by atoms with van der Waals surface area (Å²) in [6, 6.07) is 15.3. The Balaban J connectivity index is 1.48. The summed E-state index contributed by atoms with van der Waals surface area (Å²) in [6.45, 7) is 2.36. The third-order valence-corrected chi connectivity index (χ3v) is 6.60. The summed E-state index contributed by atoms with van der Waals surface area (Å²) in [6.07, 6.45) is 6.82. The van der Waals surface area contributed by atoms with Crippen molar-refractivity contribution in [1.82, 2.24) is 0 Å². The fraction of sp³-hybridized carbons (Fsp3) is 0.310. The number of benzene rings is 3. The van der Waals surface area contributed by atoms with Crippen LogP contribution in [0.5, 0.6) is 5.75 Å². The van der Waals surface area contributed by atoms with E-state index in [-0.39, 0.29) is 29.8 Å². The molecule has 0 heterocycles. The average Bonchev–Trinajstić information content (AvgIpc) is 2.86. The molecule has 0 unspecified atom stereocenters. The van der Waals surface area contributed by atoms with E-state index in [1.54, 1.807) is 49.4 Å². The zero-order valence-electron chi connectivity index (χ0n) is 19.2. The number of ether oxygens (including phenoxy) is 1. The van der Waals surface area contributed by atoms with Crippen LogP contribution in [0.3, 0.4) is 0 Å². The van der Waals surface area contributed by atoms with E-state index in [9.17, 15) is 18.3 Å². The van der Waals surface area contributed by atoms with Gasteiger partial charge in [-0.15, -0.1) is 0 Å². The molecule has 5 heteroatoms. The number of hydrogen-bond donors (Lipinski definition) is 1. The summed E-state index contributed by atoms with van der Waals surface area (Å²) in [7, 11) is 0. The van der Waals surface area contributed by atoms with Crippen LogP contribution in [0.15, 0.2) is 54.6 Å². The highest BCUT2D eigenvalue weighted by molar-refractivity contribution is 5.72. The molecule has 3 aromatic rings. The summed E-state index contributed by atoms with van der Waals surface area (Å²) in [5.74, 6) is -1.53. The highest BCUT2D eigenvalue weighted by Gasteiger charge is 2.26. The zero-order chi connectivity index (χ0) is 24.1. The SMILES string of the molecule is CCOc1ccc(/C=C/c2ccc(-c3ccc(C4CCC(CO)CC4)c(F)c3F)cc2)cc1F. The van der Waals surface area contributed by atoms with E-state index in [4.69, 9.17) is 4.74 Å². The Kier molecular flexibility index (Phi) is 7.73. The molecule has 1 N–H and O–H groups in total. The quantitative estimate of drug-likeness (QED) is 0.363. The van der Waals surface area contributed by atoms with E-state index in [0.717, 1.165) is 31.2 Å². The molecule has 3 aromatic carbocycles. The van der Waals surface area contributed by atoms with Gasteiger partial charge in [-0.05, 0) is 78.8 Å². The molecule has 1 aliphatic rings. The molecular formula is C29H29F3O2. The van der Waals surface area contributed by atoms with Crippen molar-refractivity contribution in [1.29, 1.82) is 0 Å². The maximum Gasteiger partial charge on any atom is 0.166 e. The van der Waals surface area contributed by atoms with Crippen molar-refractivity contribution >= 4 is 12.2 Å². The van der Waals surface area contributed by atoms with Gasteiger partial charge < -0.3 is 9.84 Å². The number of aliphatic hydroxyl groups excluding tert-OH is 1. The van der Waals surface area contributed by atoms with Crippen molar-refractivity contribution in [2.75, 3.05) is 13.2 Å². The van der Waals surface area contributed by atoms with Gasteiger partial charge in [-0.1, -0.05) is 54.6 Å². The summed E-state index contributed by atoms with van der Waals surface area (Å²) >= 11 is 0. The fourth-order valence-corrected chi connectivity index (χ4v) is 4.62. The lowest BCUT2D eigenvalue weighted by molar-refractivity contribution is 0.181. The van der Waals surface area contributed by atoms with Crippen LogP contribution in [0.2, 0.25) is 0 Å². The van der Waals surface area contributed by atoms with Gasteiger partial charge in [0.25, 0.3) is 0 Å². The van der Waals surface area contributed by atoms with Gasteiger partial charge in [0.05, 0.1) is 6.61 Å². The summed E-state index contributed by atoms with van der Waals surface area (Å²) in [5.41, 5.74) is 2.81. The first kappa shape index (κ1) is 24.1. The van der Waals surface area contributed by atoms with Crippen molar-refractivity contribution in [3.05, 3.63) is 88.7 Å². The molecule has 1 aliphatic carbocycles. The van der Waals surface area contributed by atoms with Crippen molar-refractivity contribution in [2.45, 2.75) is 38.5 Å². The topological polar surface area (TPSA) is 29.5 Å². The minimum atomic E-state index is -0.824. The number of rotatable bonds is 7. The van der Waals surface area contributed by atoms with Gasteiger partial charge in [-0.2, -0.15) is 0 Å². The Morgan fingerprint density at radius 3 is 2.18 bits per heavy atom. The van der Waals surface area contributed by atoms with Crippen LogP contribution < -0.4 is 4.74 Å². The molecular weight excluding hydrogens is 437 g/mol. The second kappa shape index (κ2) is 10.9. The van der Waals surface area contributed by atoms with E-state index >= 15 is 0 Å². The van der Waals surface area contributed by atoms with Crippen LogP contribution in [0.4, 0.5) is 13.2 Å². The molecule has 1 fully saturated rings. The van der Waals surface area contributed by atoms with E-state index in [0.29, 0.717) is 23.3 Å². The highest BCUT2D eigenvalue weighted by Crippen LogP contribution is 2.38. The van der Waals surface area contributed by atoms with Gasteiger partial charge in [0.1, 0.15) is 0 Å². The lowest BCUT2D eigenvalue weighted by atomic mass is 9.78. The van der Waals surface area contributed by atoms with Gasteiger partial charge in [0, 0.05) is 12.2 Å². The van der Waals surface area contributed by atoms with Crippen molar-refractivity contribution in [2.24, 2.45) is 5.92 Å². The summed E-state index contributed by atoms with van der Waals surface area (Å²) < 4.78 is 49.1. The van der Waals surface area contributed by atoms with Crippen LogP contribution in [0.1, 0.15) is 55.2 Å². The fourth-order valence-electron chi connectivity index (χ4n) is 4.62. The van der Waals surface area contributed by atoms with Crippen LogP contribution >= 0.6 is 0 Å². The molecule has 2 nitrogen and oxygen atoms in total. The van der Waals surface area contributed by atoms with Crippen LogP contribution in [-0.2, 0) is 0 Å². The summed E-state index contributed by atoms with van der Waals surface area (Å²) in [4.78, 5) is 0. The largest absolute Gasteiger partial charge is 0.491 e. The van der Waals surface area contributed by atoms with Gasteiger partial charge >= 0.3 is 0 Å². The molecule has 0 saturated heterocycles. The van der Waals surface area contributed by atoms with E-state index in [1.165, 1.54) is 6.07 Å². The lowest BCUT2D eigenvalue weighted by Crippen LogP contribution is -2.17. The summed E-state index contributed by atoms with van der Waals surface area (Å²) in [5, 5.41) is 9.30. The Hall–Kier alpha value is -3.05. The maximum atomic E-state index is 15.0. The molecule has 4 rings (SSSR count). The molecule has 0 bridgehead atoms. The molecule has 0 atom stereocenters. The van der Waals surface area contributed by atoms with Gasteiger partial charge in [-0.25, -0.2) is 13.2 Å². The van der Waals surface area contributed by atoms with E-state index < -0.39 is 17.5 Å². The predicted octanol–water partition coefficient (Wildman–Crippen LogP) is 7.61. The lowest BCUT2D eigenvalue weighted by Gasteiger charge is -2.28. The normalized spacial score (nSPS) is 18.4. The first-order valence-electron chi connectivity index (χ1n) is 11.8. The third kappa shape index (κ3) is 5.36. The Bertz CT molecular complexity index is 1150. The Morgan fingerprint density at radius 2 is 1.53 bits per heavy atom. The van der Waals surface area contributed by atoms with Gasteiger partial charge in [0.15, 0.2) is 23.2 Å². The minimum absolute atomic E-state index is 0.00805. The molecule has 1 saturated carbocycles. The molecule has 34 heavy (non-hydrogen) atoms. The zero-order valence-corrected chi connectivity index (χ0v) is 19.2. The molecule has 0 aliphatic heterocycles. The Labute approximate surface area is 198 Å².